The number of carboxylic acids is 1. The van der Waals surface area contributed by atoms with Crippen molar-refractivity contribution in [3.05, 3.63) is 42.2 Å². The fraction of sp³-hybridized carbons (Fsp3) is 0.444. The zero-order valence-corrected chi connectivity index (χ0v) is 15.5. The summed E-state index contributed by atoms with van der Waals surface area (Å²) in [6.07, 6.45) is 7.73. The lowest BCUT2D eigenvalue weighted by Crippen LogP contribution is -2.26. The van der Waals surface area contributed by atoms with Gasteiger partial charge in [-0.25, -0.2) is 8.42 Å². The first-order chi connectivity index (χ1) is 12.4. The maximum atomic E-state index is 12.9. The Morgan fingerprint density at radius 3 is 2.77 bits per heavy atom. The highest BCUT2D eigenvalue weighted by atomic mass is 32.2. The zero-order chi connectivity index (χ0) is 18.7. The average Bonchev–Trinajstić information content (AvgIpc) is 3.30. The van der Waals surface area contributed by atoms with E-state index in [1.165, 1.54) is 17.5 Å². The molecular formula is C18H23N3O4S. The van der Waals surface area contributed by atoms with Crippen molar-refractivity contribution in [1.29, 1.82) is 0 Å². The first-order valence-electron chi connectivity index (χ1n) is 8.72. The second-order valence-corrected chi connectivity index (χ2v) is 8.60. The van der Waals surface area contributed by atoms with Crippen molar-refractivity contribution < 1.29 is 18.3 Å². The molecule has 0 aliphatic heterocycles. The standard InChI is InChI=1S/C18H23N3O4S/c1-20(16-8-4-5-14(11-16)9-10-18(22)23)26(24,25)17-12-19-21(13-17)15-6-2-3-7-15/h4-5,8,11-13,15H,2-3,6-7,9-10H2,1H3,(H,22,23). The first kappa shape index (κ1) is 18.4. The number of aliphatic carboxylic acids is 1. The van der Waals surface area contributed by atoms with Crippen LogP contribution in [-0.2, 0) is 21.2 Å². The molecule has 26 heavy (non-hydrogen) atoms. The van der Waals surface area contributed by atoms with Gasteiger partial charge >= 0.3 is 5.97 Å². The summed E-state index contributed by atoms with van der Waals surface area (Å²) >= 11 is 0. The quantitative estimate of drug-likeness (QED) is 0.801. The second-order valence-electron chi connectivity index (χ2n) is 6.63. The van der Waals surface area contributed by atoms with Crippen molar-refractivity contribution >= 4 is 21.7 Å². The molecule has 1 N–H and O–H groups in total. The number of hydrogen-bond acceptors (Lipinski definition) is 4. The van der Waals surface area contributed by atoms with Gasteiger partial charge in [0.05, 0.1) is 17.9 Å². The Balaban J connectivity index is 1.80. The predicted molar refractivity (Wildman–Crippen MR) is 97.7 cm³/mol. The fourth-order valence-corrected chi connectivity index (χ4v) is 4.41. The molecule has 140 valence electrons. The van der Waals surface area contributed by atoms with E-state index in [4.69, 9.17) is 5.11 Å². The summed E-state index contributed by atoms with van der Waals surface area (Å²) in [5.41, 5.74) is 1.29. The number of carbonyl (C=O) groups is 1. The van der Waals surface area contributed by atoms with Gasteiger partial charge in [-0.3, -0.25) is 13.8 Å². The van der Waals surface area contributed by atoms with Gasteiger partial charge in [0, 0.05) is 19.7 Å². The molecule has 1 aliphatic rings. The van der Waals surface area contributed by atoms with Gasteiger partial charge in [-0.15, -0.1) is 0 Å². The van der Waals surface area contributed by atoms with Gasteiger partial charge in [0.1, 0.15) is 4.90 Å². The third-order valence-corrected chi connectivity index (χ3v) is 6.58. The summed E-state index contributed by atoms with van der Waals surface area (Å²) in [5.74, 6) is -0.879. The van der Waals surface area contributed by atoms with E-state index in [0.717, 1.165) is 31.2 Å². The molecular weight excluding hydrogens is 354 g/mol. The minimum atomic E-state index is -3.72. The van der Waals surface area contributed by atoms with Crippen molar-refractivity contribution in [3.63, 3.8) is 0 Å². The molecule has 1 heterocycles. The van der Waals surface area contributed by atoms with Crippen molar-refractivity contribution in [2.75, 3.05) is 11.4 Å². The van der Waals surface area contributed by atoms with Gasteiger partial charge in [-0.2, -0.15) is 5.10 Å². The minimum absolute atomic E-state index is 0.00801. The van der Waals surface area contributed by atoms with Crippen LogP contribution in [0.3, 0.4) is 0 Å². The number of nitrogens with zero attached hydrogens (tertiary/aromatic N) is 3. The van der Waals surface area contributed by atoms with Gasteiger partial charge in [0.15, 0.2) is 0 Å². The van der Waals surface area contributed by atoms with Crippen molar-refractivity contribution in [1.82, 2.24) is 9.78 Å². The van der Waals surface area contributed by atoms with Gasteiger partial charge in [0.25, 0.3) is 10.0 Å². The Bertz CT molecular complexity index is 885. The normalized spacial score (nSPS) is 15.3. The Kier molecular flexibility index (Phi) is 5.31. The number of aromatic nitrogens is 2. The predicted octanol–water partition coefficient (Wildman–Crippen LogP) is 2.84. The highest BCUT2D eigenvalue weighted by molar-refractivity contribution is 7.92. The Morgan fingerprint density at radius 1 is 1.35 bits per heavy atom. The van der Waals surface area contributed by atoms with E-state index in [1.807, 2.05) is 0 Å². The molecule has 0 bridgehead atoms. The zero-order valence-electron chi connectivity index (χ0n) is 14.7. The molecule has 0 saturated heterocycles. The monoisotopic (exact) mass is 377 g/mol. The summed E-state index contributed by atoms with van der Waals surface area (Å²) < 4.78 is 28.8. The van der Waals surface area contributed by atoms with E-state index in [0.29, 0.717) is 12.1 Å². The summed E-state index contributed by atoms with van der Waals surface area (Å²) in [7, 11) is -2.22. The smallest absolute Gasteiger partial charge is 0.303 e. The summed E-state index contributed by atoms with van der Waals surface area (Å²) in [6, 6.07) is 7.22. The van der Waals surface area contributed by atoms with Crippen molar-refractivity contribution in [2.24, 2.45) is 0 Å². The fourth-order valence-electron chi connectivity index (χ4n) is 3.28. The van der Waals surface area contributed by atoms with Crippen LogP contribution in [0.4, 0.5) is 5.69 Å². The van der Waals surface area contributed by atoms with Crippen LogP contribution in [0.25, 0.3) is 0 Å². The number of benzene rings is 1. The molecule has 8 heteroatoms. The molecule has 0 amide bonds. The lowest BCUT2D eigenvalue weighted by Gasteiger charge is -2.19. The molecule has 0 radical (unpaired) electrons. The van der Waals surface area contributed by atoms with E-state index in [9.17, 15) is 13.2 Å². The van der Waals surface area contributed by atoms with Crippen LogP contribution < -0.4 is 4.31 Å². The van der Waals surface area contributed by atoms with Gasteiger partial charge < -0.3 is 5.11 Å². The lowest BCUT2D eigenvalue weighted by atomic mass is 10.1. The van der Waals surface area contributed by atoms with Crippen LogP contribution in [0.15, 0.2) is 41.6 Å². The molecule has 1 aromatic heterocycles. The molecule has 3 rings (SSSR count). The third-order valence-electron chi connectivity index (χ3n) is 4.84. The maximum Gasteiger partial charge on any atom is 0.303 e. The average molecular weight is 377 g/mol. The van der Waals surface area contributed by atoms with Crippen molar-refractivity contribution in [2.45, 2.75) is 49.5 Å². The molecule has 0 spiro atoms. The van der Waals surface area contributed by atoms with E-state index in [-0.39, 0.29) is 17.4 Å². The van der Waals surface area contributed by atoms with Crippen LogP contribution in [0.1, 0.15) is 43.7 Å². The van der Waals surface area contributed by atoms with Crippen LogP contribution in [0.2, 0.25) is 0 Å². The largest absolute Gasteiger partial charge is 0.481 e. The first-order valence-corrected chi connectivity index (χ1v) is 10.2. The van der Waals surface area contributed by atoms with Gasteiger partial charge in [-0.05, 0) is 37.0 Å². The topological polar surface area (TPSA) is 92.5 Å². The molecule has 2 aromatic rings. The molecule has 1 saturated carbocycles. The summed E-state index contributed by atoms with van der Waals surface area (Å²) in [5, 5.41) is 13.1. The summed E-state index contributed by atoms with van der Waals surface area (Å²) in [4.78, 5) is 10.9. The van der Waals surface area contributed by atoms with E-state index < -0.39 is 16.0 Å². The van der Waals surface area contributed by atoms with E-state index in [2.05, 4.69) is 5.10 Å². The Labute approximate surface area is 153 Å². The van der Waals surface area contributed by atoms with Crippen LogP contribution in [-0.4, -0.2) is 36.3 Å². The highest BCUT2D eigenvalue weighted by Gasteiger charge is 2.25. The second kappa shape index (κ2) is 7.49. The van der Waals surface area contributed by atoms with Gasteiger partial charge in [0.2, 0.25) is 0 Å². The lowest BCUT2D eigenvalue weighted by molar-refractivity contribution is -0.136. The molecule has 0 atom stereocenters. The Morgan fingerprint density at radius 2 is 2.08 bits per heavy atom. The SMILES string of the molecule is CN(c1cccc(CCC(=O)O)c1)S(=O)(=O)c1cnn(C2CCCC2)c1. The maximum absolute atomic E-state index is 12.9. The highest BCUT2D eigenvalue weighted by Crippen LogP contribution is 2.30. The summed E-state index contributed by atoms with van der Waals surface area (Å²) in [6.45, 7) is 0. The van der Waals surface area contributed by atoms with Crippen molar-refractivity contribution in [3.8, 4) is 0 Å². The molecule has 0 unspecified atom stereocenters. The molecule has 1 fully saturated rings. The van der Waals surface area contributed by atoms with Crippen LogP contribution in [0, 0.1) is 0 Å². The minimum Gasteiger partial charge on any atom is -0.481 e. The third kappa shape index (κ3) is 3.90. The number of anilines is 1. The number of rotatable bonds is 7. The van der Waals surface area contributed by atoms with Crippen LogP contribution in [0.5, 0.6) is 0 Å². The van der Waals surface area contributed by atoms with Gasteiger partial charge in [-0.1, -0.05) is 25.0 Å². The van der Waals surface area contributed by atoms with E-state index in [1.54, 1.807) is 35.1 Å². The molecule has 7 nitrogen and oxygen atoms in total. The molecule has 1 aliphatic carbocycles. The number of aryl methyl sites for hydroxylation is 1. The Hall–Kier alpha value is -2.35. The van der Waals surface area contributed by atoms with E-state index >= 15 is 0 Å². The van der Waals surface area contributed by atoms with Crippen LogP contribution >= 0.6 is 0 Å². The number of sulfonamides is 1. The number of hydrogen-bond donors (Lipinski definition) is 1. The number of carboxylic acid groups (broad SMARTS) is 1. The molecule has 1 aromatic carbocycles.